The Morgan fingerprint density at radius 1 is 1.10 bits per heavy atom. The highest BCUT2D eigenvalue weighted by atomic mass is 19.1. The second-order valence-electron chi connectivity index (χ2n) is 7.99. The summed E-state index contributed by atoms with van der Waals surface area (Å²) in [6, 6.07) is 14.6. The van der Waals surface area contributed by atoms with Crippen LogP contribution in [0.4, 0.5) is 10.1 Å². The molecule has 0 atom stereocenters. The van der Waals surface area contributed by atoms with Gasteiger partial charge in [0.05, 0.1) is 6.20 Å². The Morgan fingerprint density at radius 3 is 2.52 bits per heavy atom. The summed E-state index contributed by atoms with van der Waals surface area (Å²) in [5.41, 5.74) is 3.38. The van der Waals surface area contributed by atoms with E-state index in [1.165, 1.54) is 11.6 Å². The molecule has 2 aromatic carbocycles. The zero-order chi connectivity index (χ0) is 21.6. The van der Waals surface area contributed by atoms with Crippen LogP contribution < -0.4 is 15.5 Å². The monoisotopic (exact) mass is 421 g/mol. The van der Waals surface area contributed by atoms with Crippen LogP contribution >= 0.6 is 0 Å². The SMILES string of the molecule is Cn1cc(CNC2CCN(c3ccc(C(=O)NCc4ccccc4F)cc3)CC2)cn1. The van der Waals surface area contributed by atoms with Crippen LogP contribution in [-0.2, 0) is 20.1 Å². The summed E-state index contributed by atoms with van der Waals surface area (Å²) in [6.45, 7) is 2.97. The topological polar surface area (TPSA) is 62.2 Å². The average molecular weight is 422 g/mol. The summed E-state index contributed by atoms with van der Waals surface area (Å²) in [7, 11) is 1.93. The van der Waals surface area contributed by atoms with E-state index in [-0.39, 0.29) is 18.3 Å². The van der Waals surface area contributed by atoms with E-state index < -0.39 is 0 Å². The van der Waals surface area contributed by atoms with Gasteiger partial charge in [0.2, 0.25) is 0 Å². The van der Waals surface area contributed by atoms with Crippen LogP contribution in [0.15, 0.2) is 60.9 Å². The van der Waals surface area contributed by atoms with Gasteiger partial charge in [-0.2, -0.15) is 5.10 Å². The maximum absolute atomic E-state index is 13.7. The number of hydrogen-bond acceptors (Lipinski definition) is 4. The normalized spacial score (nSPS) is 14.6. The van der Waals surface area contributed by atoms with Crippen LogP contribution in [0.2, 0.25) is 0 Å². The van der Waals surface area contributed by atoms with Gasteiger partial charge >= 0.3 is 0 Å². The van der Waals surface area contributed by atoms with E-state index in [9.17, 15) is 9.18 Å². The third kappa shape index (κ3) is 5.49. The Bertz CT molecular complexity index is 1010. The lowest BCUT2D eigenvalue weighted by Crippen LogP contribution is -2.42. The fourth-order valence-electron chi connectivity index (χ4n) is 3.91. The standard InChI is InChI=1S/C24H28FN5O/c1-29-17-18(15-28-29)14-26-21-10-12-30(13-11-21)22-8-6-19(7-9-22)24(31)27-16-20-4-2-3-5-23(20)25/h2-9,15,17,21,26H,10-14,16H2,1H3,(H,27,31). The van der Waals surface area contributed by atoms with Crippen LogP contribution in [0.3, 0.4) is 0 Å². The maximum atomic E-state index is 13.7. The Morgan fingerprint density at radius 2 is 1.84 bits per heavy atom. The Labute approximate surface area is 182 Å². The molecule has 1 saturated heterocycles. The molecular weight excluding hydrogens is 393 g/mol. The van der Waals surface area contributed by atoms with Crippen molar-refractivity contribution in [2.24, 2.45) is 7.05 Å². The first-order chi connectivity index (χ1) is 15.1. The molecule has 7 heteroatoms. The summed E-state index contributed by atoms with van der Waals surface area (Å²) in [4.78, 5) is 14.7. The van der Waals surface area contributed by atoms with Crippen LogP contribution in [0, 0.1) is 5.82 Å². The fourth-order valence-corrected chi connectivity index (χ4v) is 3.91. The molecule has 31 heavy (non-hydrogen) atoms. The average Bonchev–Trinajstić information content (AvgIpc) is 3.22. The van der Waals surface area contributed by atoms with Gasteiger partial charge in [0.15, 0.2) is 0 Å². The Hall–Kier alpha value is -3.19. The number of halogens is 1. The lowest BCUT2D eigenvalue weighted by atomic mass is 10.0. The number of carbonyl (C=O) groups is 1. The molecule has 1 aromatic heterocycles. The smallest absolute Gasteiger partial charge is 0.251 e. The summed E-state index contributed by atoms with van der Waals surface area (Å²) in [6.07, 6.45) is 6.09. The summed E-state index contributed by atoms with van der Waals surface area (Å²) < 4.78 is 15.5. The van der Waals surface area contributed by atoms with Crippen molar-refractivity contribution in [1.82, 2.24) is 20.4 Å². The maximum Gasteiger partial charge on any atom is 0.251 e. The second kappa shape index (κ2) is 9.75. The second-order valence-corrected chi connectivity index (χ2v) is 7.99. The number of aryl methyl sites for hydroxylation is 1. The van der Waals surface area contributed by atoms with Crippen molar-refractivity contribution in [2.75, 3.05) is 18.0 Å². The first-order valence-electron chi connectivity index (χ1n) is 10.7. The number of rotatable bonds is 7. The van der Waals surface area contributed by atoms with Crippen molar-refractivity contribution < 1.29 is 9.18 Å². The van der Waals surface area contributed by atoms with Gasteiger partial charge < -0.3 is 15.5 Å². The largest absolute Gasteiger partial charge is 0.371 e. The zero-order valence-corrected chi connectivity index (χ0v) is 17.7. The molecule has 0 unspecified atom stereocenters. The minimum Gasteiger partial charge on any atom is -0.371 e. The lowest BCUT2D eigenvalue weighted by molar-refractivity contribution is 0.0950. The van der Waals surface area contributed by atoms with Crippen molar-refractivity contribution in [1.29, 1.82) is 0 Å². The van der Waals surface area contributed by atoms with Crippen molar-refractivity contribution in [3.05, 3.63) is 83.4 Å². The number of nitrogens with one attached hydrogen (secondary N) is 2. The van der Waals surface area contributed by atoms with E-state index in [1.54, 1.807) is 18.2 Å². The highest BCUT2D eigenvalue weighted by Crippen LogP contribution is 2.21. The molecule has 0 saturated carbocycles. The van der Waals surface area contributed by atoms with Gasteiger partial charge in [-0.25, -0.2) is 4.39 Å². The van der Waals surface area contributed by atoms with E-state index in [2.05, 4.69) is 20.6 Å². The molecular formula is C24H28FN5O. The number of anilines is 1. The van der Waals surface area contributed by atoms with E-state index in [0.29, 0.717) is 17.2 Å². The van der Waals surface area contributed by atoms with Crippen LogP contribution in [-0.4, -0.2) is 34.8 Å². The molecule has 6 nitrogen and oxygen atoms in total. The van der Waals surface area contributed by atoms with Crippen molar-refractivity contribution in [2.45, 2.75) is 32.0 Å². The van der Waals surface area contributed by atoms with Crippen molar-refractivity contribution >= 4 is 11.6 Å². The van der Waals surface area contributed by atoms with Gasteiger partial charge in [-0.05, 0) is 43.2 Å². The van der Waals surface area contributed by atoms with Crippen molar-refractivity contribution in [3.63, 3.8) is 0 Å². The van der Waals surface area contributed by atoms with Crippen LogP contribution in [0.1, 0.15) is 34.3 Å². The number of amides is 1. The number of nitrogens with zero attached hydrogens (tertiary/aromatic N) is 3. The first kappa shape index (κ1) is 21.1. The molecule has 1 fully saturated rings. The molecule has 162 valence electrons. The highest BCUT2D eigenvalue weighted by molar-refractivity contribution is 5.94. The van der Waals surface area contributed by atoms with Gasteiger partial charge in [0, 0.05) is 67.8 Å². The molecule has 4 rings (SSSR count). The minimum atomic E-state index is -0.309. The van der Waals surface area contributed by atoms with Crippen LogP contribution in [0.5, 0.6) is 0 Å². The number of hydrogen-bond donors (Lipinski definition) is 2. The van der Waals surface area contributed by atoms with E-state index in [0.717, 1.165) is 38.2 Å². The zero-order valence-electron chi connectivity index (χ0n) is 17.7. The van der Waals surface area contributed by atoms with Crippen molar-refractivity contribution in [3.8, 4) is 0 Å². The summed E-state index contributed by atoms with van der Waals surface area (Å²) in [5, 5.41) is 10.6. The highest BCUT2D eigenvalue weighted by Gasteiger charge is 2.19. The van der Waals surface area contributed by atoms with Gasteiger partial charge in [0.25, 0.3) is 5.91 Å². The van der Waals surface area contributed by atoms with E-state index >= 15 is 0 Å². The van der Waals surface area contributed by atoms with E-state index in [4.69, 9.17) is 0 Å². The molecule has 1 amide bonds. The predicted octanol–water partition coefficient (Wildman–Crippen LogP) is 3.25. The van der Waals surface area contributed by atoms with Gasteiger partial charge in [-0.3, -0.25) is 9.48 Å². The molecule has 1 aliphatic rings. The predicted molar refractivity (Wildman–Crippen MR) is 119 cm³/mol. The third-order valence-corrected chi connectivity index (χ3v) is 5.74. The Balaban J connectivity index is 1.24. The number of carbonyl (C=O) groups excluding carboxylic acids is 1. The molecule has 0 bridgehead atoms. The quantitative estimate of drug-likeness (QED) is 0.615. The third-order valence-electron chi connectivity index (χ3n) is 5.74. The molecule has 0 radical (unpaired) electrons. The van der Waals surface area contributed by atoms with Gasteiger partial charge in [0.1, 0.15) is 5.82 Å². The molecule has 1 aliphatic heterocycles. The molecule has 0 spiro atoms. The summed E-state index contributed by atoms with van der Waals surface area (Å²) in [5.74, 6) is -0.510. The van der Waals surface area contributed by atoms with Gasteiger partial charge in [-0.15, -0.1) is 0 Å². The van der Waals surface area contributed by atoms with Crippen LogP contribution in [0.25, 0.3) is 0 Å². The first-order valence-corrected chi connectivity index (χ1v) is 10.7. The molecule has 0 aliphatic carbocycles. The molecule has 2 heterocycles. The summed E-state index contributed by atoms with van der Waals surface area (Å²) >= 11 is 0. The fraction of sp³-hybridized carbons (Fsp3) is 0.333. The molecule has 3 aromatic rings. The number of benzene rings is 2. The molecule has 2 N–H and O–H groups in total. The lowest BCUT2D eigenvalue weighted by Gasteiger charge is -2.34. The van der Waals surface area contributed by atoms with E-state index in [1.807, 2.05) is 48.4 Å². The number of piperidine rings is 1. The Kier molecular flexibility index (Phi) is 6.62. The number of aromatic nitrogens is 2. The minimum absolute atomic E-state index is 0.173. The van der Waals surface area contributed by atoms with Gasteiger partial charge in [-0.1, -0.05) is 18.2 Å².